The standard InChI is InChI=1S/C10H17N3O2S/c1-3-4-15-5-9(14)13-10-12-8(6-16-10)7(2)11/h6-7H,3-5,11H2,1-2H3,(H,12,13,14). The van der Waals surface area contributed by atoms with Gasteiger partial charge in [-0.2, -0.15) is 0 Å². The van der Waals surface area contributed by atoms with E-state index in [-0.39, 0.29) is 18.6 Å². The molecule has 0 spiro atoms. The van der Waals surface area contributed by atoms with Gasteiger partial charge in [-0.15, -0.1) is 11.3 Å². The van der Waals surface area contributed by atoms with Crippen molar-refractivity contribution in [3.63, 3.8) is 0 Å². The molecule has 0 aliphatic carbocycles. The molecule has 0 fully saturated rings. The summed E-state index contributed by atoms with van der Waals surface area (Å²) >= 11 is 1.37. The third-order valence-corrected chi connectivity index (χ3v) is 2.59. The number of rotatable bonds is 6. The molecule has 0 aliphatic rings. The fourth-order valence-electron chi connectivity index (χ4n) is 1.02. The van der Waals surface area contributed by atoms with Gasteiger partial charge in [0.2, 0.25) is 0 Å². The van der Waals surface area contributed by atoms with Crippen LogP contribution >= 0.6 is 11.3 Å². The van der Waals surface area contributed by atoms with Crippen LogP contribution in [-0.4, -0.2) is 24.1 Å². The molecule has 0 radical (unpaired) electrons. The second-order valence-electron chi connectivity index (χ2n) is 3.47. The molecule has 0 aromatic carbocycles. The Balaban J connectivity index is 2.37. The maximum atomic E-state index is 11.4. The summed E-state index contributed by atoms with van der Waals surface area (Å²) in [6.45, 7) is 4.51. The molecule has 1 rings (SSSR count). The lowest BCUT2D eigenvalue weighted by molar-refractivity contribution is -0.120. The zero-order valence-corrected chi connectivity index (χ0v) is 10.3. The molecule has 0 saturated carbocycles. The van der Waals surface area contributed by atoms with E-state index >= 15 is 0 Å². The summed E-state index contributed by atoms with van der Waals surface area (Å²) in [6, 6.07) is -0.113. The van der Waals surface area contributed by atoms with E-state index in [1.165, 1.54) is 11.3 Å². The fourth-order valence-corrected chi connectivity index (χ4v) is 1.85. The molecule has 3 N–H and O–H groups in total. The Labute approximate surface area is 99.0 Å². The number of amides is 1. The van der Waals surface area contributed by atoms with Gasteiger partial charge in [0.1, 0.15) is 6.61 Å². The number of nitrogens with one attached hydrogen (secondary N) is 1. The SMILES string of the molecule is CCCOCC(=O)Nc1nc(C(C)N)cs1. The van der Waals surface area contributed by atoms with Gasteiger partial charge in [-0.05, 0) is 13.3 Å². The van der Waals surface area contributed by atoms with Crippen LogP contribution in [0.5, 0.6) is 0 Å². The minimum Gasteiger partial charge on any atom is -0.372 e. The monoisotopic (exact) mass is 243 g/mol. The number of ether oxygens (including phenoxy) is 1. The highest BCUT2D eigenvalue weighted by molar-refractivity contribution is 7.13. The second kappa shape index (κ2) is 6.57. The van der Waals surface area contributed by atoms with Gasteiger partial charge in [-0.25, -0.2) is 4.98 Å². The summed E-state index contributed by atoms with van der Waals surface area (Å²) in [6.07, 6.45) is 0.902. The Kier molecular flexibility index (Phi) is 5.37. The van der Waals surface area contributed by atoms with E-state index in [1.807, 2.05) is 19.2 Å². The van der Waals surface area contributed by atoms with Crippen molar-refractivity contribution < 1.29 is 9.53 Å². The zero-order chi connectivity index (χ0) is 12.0. The maximum Gasteiger partial charge on any atom is 0.252 e. The first kappa shape index (κ1) is 13.1. The number of carbonyl (C=O) groups excluding carboxylic acids is 1. The Bertz CT molecular complexity index is 339. The molecule has 5 nitrogen and oxygen atoms in total. The quantitative estimate of drug-likeness (QED) is 0.743. The van der Waals surface area contributed by atoms with E-state index < -0.39 is 0 Å². The van der Waals surface area contributed by atoms with E-state index in [0.717, 1.165) is 12.1 Å². The predicted octanol–water partition coefficient (Wildman–Crippen LogP) is 1.53. The number of hydrogen-bond donors (Lipinski definition) is 2. The molecule has 90 valence electrons. The molecule has 1 aromatic heterocycles. The number of thiazole rings is 1. The number of anilines is 1. The average molecular weight is 243 g/mol. The lowest BCUT2D eigenvalue weighted by Gasteiger charge is -2.02. The Hall–Kier alpha value is -0.980. The molecule has 1 atom stereocenters. The molecule has 0 aliphatic heterocycles. The number of aromatic nitrogens is 1. The third-order valence-electron chi connectivity index (χ3n) is 1.82. The van der Waals surface area contributed by atoms with Gasteiger partial charge in [0.05, 0.1) is 5.69 Å². The topological polar surface area (TPSA) is 77.2 Å². The lowest BCUT2D eigenvalue weighted by Crippen LogP contribution is -2.18. The van der Waals surface area contributed by atoms with Crippen molar-refractivity contribution in [2.24, 2.45) is 5.73 Å². The van der Waals surface area contributed by atoms with Crippen LogP contribution in [0.2, 0.25) is 0 Å². The van der Waals surface area contributed by atoms with Crippen LogP contribution in [-0.2, 0) is 9.53 Å². The number of carbonyl (C=O) groups is 1. The number of nitrogens with zero attached hydrogens (tertiary/aromatic N) is 1. The summed E-state index contributed by atoms with van der Waals surface area (Å²) in [4.78, 5) is 15.5. The van der Waals surface area contributed by atoms with Crippen LogP contribution in [0, 0.1) is 0 Å². The van der Waals surface area contributed by atoms with Crippen LogP contribution in [0.15, 0.2) is 5.38 Å². The highest BCUT2D eigenvalue weighted by Crippen LogP contribution is 2.18. The Morgan fingerprint density at radius 1 is 1.75 bits per heavy atom. The molecule has 1 unspecified atom stereocenters. The molecule has 1 aromatic rings. The van der Waals surface area contributed by atoms with Crippen molar-refractivity contribution in [2.45, 2.75) is 26.3 Å². The Morgan fingerprint density at radius 2 is 2.50 bits per heavy atom. The number of hydrogen-bond acceptors (Lipinski definition) is 5. The normalized spacial score (nSPS) is 12.4. The van der Waals surface area contributed by atoms with Gasteiger partial charge in [-0.1, -0.05) is 6.92 Å². The summed E-state index contributed by atoms with van der Waals surface area (Å²) in [5, 5.41) is 5.07. The summed E-state index contributed by atoms with van der Waals surface area (Å²) in [5.41, 5.74) is 6.45. The largest absolute Gasteiger partial charge is 0.372 e. The first-order chi connectivity index (χ1) is 7.63. The van der Waals surface area contributed by atoms with Gasteiger partial charge < -0.3 is 10.5 Å². The second-order valence-corrected chi connectivity index (χ2v) is 4.33. The molecule has 0 saturated heterocycles. The smallest absolute Gasteiger partial charge is 0.252 e. The van der Waals surface area contributed by atoms with Gasteiger partial charge in [-0.3, -0.25) is 10.1 Å². The van der Waals surface area contributed by atoms with Crippen LogP contribution in [0.3, 0.4) is 0 Å². The van der Waals surface area contributed by atoms with E-state index in [9.17, 15) is 4.79 Å². The van der Waals surface area contributed by atoms with E-state index in [4.69, 9.17) is 10.5 Å². The van der Waals surface area contributed by atoms with Crippen molar-refractivity contribution in [1.29, 1.82) is 0 Å². The highest BCUT2D eigenvalue weighted by Gasteiger charge is 2.08. The molecule has 16 heavy (non-hydrogen) atoms. The summed E-state index contributed by atoms with van der Waals surface area (Å²) in [7, 11) is 0. The van der Waals surface area contributed by atoms with Crippen molar-refractivity contribution >= 4 is 22.4 Å². The van der Waals surface area contributed by atoms with Crippen LogP contribution in [0.25, 0.3) is 0 Å². The first-order valence-electron chi connectivity index (χ1n) is 5.22. The lowest BCUT2D eigenvalue weighted by atomic mass is 10.3. The van der Waals surface area contributed by atoms with Crippen LogP contribution < -0.4 is 11.1 Å². The van der Waals surface area contributed by atoms with Gasteiger partial charge >= 0.3 is 0 Å². The minimum atomic E-state index is -0.181. The molecular weight excluding hydrogens is 226 g/mol. The minimum absolute atomic E-state index is 0.0704. The van der Waals surface area contributed by atoms with Crippen molar-refractivity contribution in [1.82, 2.24) is 4.98 Å². The Morgan fingerprint density at radius 3 is 3.06 bits per heavy atom. The van der Waals surface area contributed by atoms with E-state index in [2.05, 4.69) is 10.3 Å². The fraction of sp³-hybridized carbons (Fsp3) is 0.600. The maximum absolute atomic E-state index is 11.4. The van der Waals surface area contributed by atoms with Gasteiger partial charge in [0.25, 0.3) is 5.91 Å². The van der Waals surface area contributed by atoms with Crippen LogP contribution in [0.4, 0.5) is 5.13 Å². The molecular formula is C10H17N3O2S. The van der Waals surface area contributed by atoms with Gasteiger partial charge in [0.15, 0.2) is 5.13 Å². The van der Waals surface area contributed by atoms with E-state index in [0.29, 0.717) is 11.7 Å². The molecule has 0 bridgehead atoms. The molecule has 1 amide bonds. The highest BCUT2D eigenvalue weighted by atomic mass is 32.1. The zero-order valence-electron chi connectivity index (χ0n) is 9.53. The first-order valence-corrected chi connectivity index (χ1v) is 6.10. The predicted molar refractivity (Wildman–Crippen MR) is 64.5 cm³/mol. The van der Waals surface area contributed by atoms with Crippen molar-refractivity contribution in [2.75, 3.05) is 18.5 Å². The average Bonchev–Trinajstić information content (AvgIpc) is 2.66. The molecule has 1 heterocycles. The van der Waals surface area contributed by atoms with Crippen LogP contribution in [0.1, 0.15) is 32.0 Å². The van der Waals surface area contributed by atoms with E-state index in [1.54, 1.807) is 0 Å². The van der Waals surface area contributed by atoms with Crippen molar-refractivity contribution in [3.05, 3.63) is 11.1 Å². The number of nitrogens with two attached hydrogens (primary N) is 1. The van der Waals surface area contributed by atoms with Gasteiger partial charge in [0, 0.05) is 18.0 Å². The third kappa shape index (κ3) is 4.26. The summed E-state index contributed by atoms with van der Waals surface area (Å²) in [5.74, 6) is -0.181. The van der Waals surface area contributed by atoms with Crippen molar-refractivity contribution in [3.8, 4) is 0 Å². The molecule has 6 heteroatoms. The summed E-state index contributed by atoms with van der Waals surface area (Å²) < 4.78 is 5.11.